The smallest absolute Gasteiger partial charge is 0.347 e. The Balaban J connectivity index is 1.37. The van der Waals surface area contributed by atoms with Crippen LogP contribution in [-0.2, 0) is 21.6 Å². The molecule has 0 saturated heterocycles. The summed E-state index contributed by atoms with van der Waals surface area (Å²) in [5, 5.41) is 0. The second-order valence-corrected chi connectivity index (χ2v) is 11.5. The first-order valence-electron chi connectivity index (χ1n) is 15.8. The summed E-state index contributed by atoms with van der Waals surface area (Å²) in [4.78, 5) is 24.7. The van der Waals surface area contributed by atoms with Crippen LogP contribution in [0, 0.1) is 0 Å². The van der Waals surface area contributed by atoms with Gasteiger partial charge in [-0.1, -0.05) is 69.7 Å². The molecular weight excluding hydrogens is 576 g/mol. The second kappa shape index (κ2) is 20.5. The minimum Gasteiger partial charge on any atom is -0.494 e. The molecule has 0 heterocycles. The van der Waals surface area contributed by atoms with Gasteiger partial charge in [0.2, 0.25) is 0 Å². The van der Waals surface area contributed by atoms with Crippen molar-refractivity contribution in [2.75, 3.05) is 19.0 Å². The number of benzene rings is 3. The Labute approximate surface area is 266 Å². The Kier molecular flexibility index (Phi) is 16.3. The van der Waals surface area contributed by atoms with Crippen molar-refractivity contribution < 1.29 is 33.1 Å². The molecule has 1 atom stereocenters. The topological polar surface area (TPSA) is 91.3 Å². The molecule has 3 aromatic carbocycles. The highest BCUT2D eigenvalue weighted by molar-refractivity contribution is 7.72. The third kappa shape index (κ3) is 13.0. The molecule has 3 rings (SSSR count). The SMILES string of the molecule is CCCCOC(=O)C(C)Oc1ccc(OC(=O)c2ccc(-c3ccc(OCCCCCCCCCC[SH+]O)cc3)cc2)cc1. The number of ether oxygens (including phenoxy) is 4. The molecule has 3 aromatic rings. The highest BCUT2D eigenvalue weighted by Gasteiger charge is 2.16. The predicted molar refractivity (Wildman–Crippen MR) is 178 cm³/mol. The van der Waals surface area contributed by atoms with E-state index in [1.165, 1.54) is 38.5 Å². The van der Waals surface area contributed by atoms with Crippen molar-refractivity contribution in [3.05, 3.63) is 78.4 Å². The van der Waals surface area contributed by atoms with Gasteiger partial charge in [-0.3, -0.25) is 0 Å². The maximum Gasteiger partial charge on any atom is 0.347 e. The Morgan fingerprint density at radius 1 is 0.682 bits per heavy atom. The molecule has 0 aliphatic rings. The average molecular weight is 624 g/mol. The van der Waals surface area contributed by atoms with E-state index < -0.39 is 18.0 Å². The zero-order valence-corrected chi connectivity index (χ0v) is 26.9. The summed E-state index contributed by atoms with van der Waals surface area (Å²) >= 11 is 0.521. The maximum atomic E-state index is 12.7. The molecule has 0 aromatic heterocycles. The molecule has 1 N–H and O–H groups in total. The first-order chi connectivity index (χ1) is 21.5. The standard InChI is InChI=1S/C36H46O7S/c1-3-4-25-41-35(37)28(2)42-33-21-23-34(24-22-33)43-36(38)31-15-13-29(14-16-31)30-17-19-32(20-18-30)40-26-11-9-7-5-6-8-10-12-27-44-39/h13-24,28,39H,3-12,25-27H2,1-2H3/p+1. The lowest BCUT2D eigenvalue weighted by Crippen LogP contribution is -2.26. The number of rotatable bonds is 21. The molecule has 8 heteroatoms. The fraction of sp³-hybridized carbons (Fsp3) is 0.444. The van der Waals surface area contributed by atoms with Crippen molar-refractivity contribution in [3.8, 4) is 28.4 Å². The van der Waals surface area contributed by atoms with Crippen LogP contribution in [0.5, 0.6) is 17.2 Å². The molecule has 0 amide bonds. The zero-order valence-electron chi connectivity index (χ0n) is 26.0. The first-order valence-corrected chi connectivity index (χ1v) is 16.8. The molecule has 7 nitrogen and oxygen atoms in total. The molecule has 44 heavy (non-hydrogen) atoms. The molecule has 0 aliphatic carbocycles. The van der Waals surface area contributed by atoms with E-state index in [2.05, 4.69) is 0 Å². The first kappa shape index (κ1) is 35.0. The van der Waals surface area contributed by atoms with E-state index in [0.29, 0.717) is 42.3 Å². The number of esters is 2. The van der Waals surface area contributed by atoms with E-state index in [-0.39, 0.29) is 0 Å². The lowest BCUT2D eigenvalue weighted by atomic mass is 10.0. The van der Waals surface area contributed by atoms with Gasteiger partial charge in [-0.05, 0) is 92.3 Å². The van der Waals surface area contributed by atoms with Crippen LogP contribution in [-0.4, -0.2) is 41.6 Å². The summed E-state index contributed by atoms with van der Waals surface area (Å²) in [5.41, 5.74) is 2.47. The van der Waals surface area contributed by atoms with Gasteiger partial charge in [-0.2, -0.15) is 4.55 Å². The van der Waals surface area contributed by atoms with Gasteiger partial charge in [0.15, 0.2) is 6.10 Å². The van der Waals surface area contributed by atoms with Crippen molar-refractivity contribution in [1.29, 1.82) is 0 Å². The van der Waals surface area contributed by atoms with Crippen LogP contribution in [0.25, 0.3) is 11.1 Å². The lowest BCUT2D eigenvalue weighted by molar-refractivity contribution is -0.151. The van der Waals surface area contributed by atoms with Gasteiger partial charge < -0.3 is 18.9 Å². The normalized spacial score (nSPS) is 11.5. The van der Waals surface area contributed by atoms with E-state index in [1.54, 1.807) is 43.3 Å². The summed E-state index contributed by atoms with van der Waals surface area (Å²) in [5.74, 6) is 1.76. The van der Waals surface area contributed by atoms with Crippen molar-refractivity contribution >= 4 is 24.0 Å². The Morgan fingerprint density at radius 3 is 1.84 bits per heavy atom. The summed E-state index contributed by atoms with van der Waals surface area (Å²) < 4.78 is 31.0. The zero-order chi connectivity index (χ0) is 31.4. The van der Waals surface area contributed by atoms with E-state index >= 15 is 0 Å². The van der Waals surface area contributed by atoms with Crippen molar-refractivity contribution in [1.82, 2.24) is 0 Å². The van der Waals surface area contributed by atoms with Crippen LogP contribution >= 0.6 is 0 Å². The number of carbonyl (C=O) groups excluding carboxylic acids is 2. The summed E-state index contributed by atoms with van der Waals surface area (Å²) in [6.07, 6.45) is 10.7. The molecule has 0 spiro atoms. The largest absolute Gasteiger partial charge is 0.494 e. The monoisotopic (exact) mass is 623 g/mol. The summed E-state index contributed by atoms with van der Waals surface area (Å²) in [7, 11) is 0. The average Bonchev–Trinajstić information content (AvgIpc) is 3.05. The summed E-state index contributed by atoms with van der Waals surface area (Å²) in [6.45, 7) is 4.77. The van der Waals surface area contributed by atoms with Crippen LogP contribution in [0.4, 0.5) is 0 Å². The Morgan fingerprint density at radius 2 is 1.23 bits per heavy atom. The van der Waals surface area contributed by atoms with E-state index in [1.807, 2.05) is 43.3 Å². The number of thiol groups is 1. The molecule has 238 valence electrons. The van der Waals surface area contributed by atoms with Gasteiger partial charge >= 0.3 is 11.9 Å². The third-order valence-corrected chi connectivity index (χ3v) is 7.67. The molecule has 0 bridgehead atoms. The maximum absolute atomic E-state index is 12.7. The lowest BCUT2D eigenvalue weighted by Gasteiger charge is -2.14. The Hall–Kier alpha value is -3.49. The number of hydrogen-bond acceptors (Lipinski definition) is 7. The highest BCUT2D eigenvalue weighted by Crippen LogP contribution is 2.24. The van der Waals surface area contributed by atoms with Crippen LogP contribution in [0.15, 0.2) is 72.8 Å². The van der Waals surface area contributed by atoms with Crippen molar-refractivity contribution in [2.45, 2.75) is 84.2 Å². The van der Waals surface area contributed by atoms with E-state index in [0.717, 1.165) is 48.3 Å². The fourth-order valence-electron chi connectivity index (χ4n) is 4.52. The van der Waals surface area contributed by atoms with Gasteiger partial charge in [-0.15, -0.1) is 0 Å². The fourth-order valence-corrected chi connectivity index (χ4v) is 4.88. The van der Waals surface area contributed by atoms with Gasteiger partial charge in [0.05, 0.1) is 18.8 Å². The third-order valence-electron chi connectivity index (χ3n) is 7.15. The van der Waals surface area contributed by atoms with Crippen LogP contribution < -0.4 is 14.2 Å². The van der Waals surface area contributed by atoms with Crippen LogP contribution in [0.3, 0.4) is 0 Å². The van der Waals surface area contributed by atoms with E-state index in [9.17, 15) is 9.59 Å². The van der Waals surface area contributed by atoms with Crippen LogP contribution in [0.2, 0.25) is 0 Å². The quantitative estimate of drug-likeness (QED) is 0.0418. The minimum atomic E-state index is -0.730. The second-order valence-electron chi connectivity index (χ2n) is 10.8. The molecule has 0 saturated carbocycles. The van der Waals surface area contributed by atoms with Gasteiger partial charge in [0.1, 0.15) is 35.0 Å². The van der Waals surface area contributed by atoms with Gasteiger partial charge in [0.25, 0.3) is 0 Å². The molecular formula is C36H47O7S+. The minimum absolute atomic E-state index is 0.380. The number of unbranched alkanes of at least 4 members (excludes halogenated alkanes) is 8. The highest BCUT2D eigenvalue weighted by atomic mass is 32.2. The van der Waals surface area contributed by atoms with Crippen molar-refractivity contribution in [3.63, 3.8) is 0 Å². The van der Waals surface area contributed by atoms with Gasteiger partial charge in [0, 0.05) is 0 Å². The molecule has 0 aliphatic heterocycles. The molecule has 0 fully saturated rings. The van der Waals surface area contributed by atoms with Crippen molar-refractivity contribution in [2.24, 2.45) is 0 Å². The number of hydrogen-bond donors (Lipinski definition) is 1. The predicted octanol–water partition coefficient (Wildman–Crippen LogP) is 8.47. The van der Waals surface area contributed by atoms with E-state index in [4.69, 9.17) is 23.5 Å². The van der Waals surface area contributed by atoms with Gasteiger partial charge in [-0.25, -0.2) is 9.59 Å². The summed E-state index contributed by atoms with van der Waals surface area (Å²) in [6, 6.07) is 21.9. The number of carbonyl (C=O) groups is 2. The molecule has 1 unspecified atom stereocenters. The van der Waals surface area contributed by atoms with Crippen LogP contribution in [0.1, 0.15) is 88.4 Å². The Bertz CT molecular complexity index is 1230. The molecule has 0 radical (unpaired) electrons.